The van der Waals surface area contributed by atoms with E-state index in [0.717, 1.165) is 6.07 Å². The number of hydrogen-bond acceptors (Lipinski definition) is 2. The summed E-state index contributed by atoms with van der Waals surface area (Å²) in [7, 11) is 0. The molecule has 2 rings (SSSR count). The predicted octanol–water partition coefficient (Wildman–Crippen LogP) is 2.07. The number of nitrogens with two attached hydrogens (primary N) is 1. The highest BCUT2D eigenvalue weighted by Gasteiger charge is 2.24. The zero-order valence-electron chi connectivity index (χ0n) is 12.2. The Morgan fingerprint density at radius 2 is 1.62 bits per heavy atom. The fraction of sp³-hybridized carbons (Fsp3) is 0.125. The third-order valence-corrected chi connectivity index (χ3v) is 3.21. The molecule has 0 saturated heterocycles. The van der Waals surface area contributed by atoms with Crippen molar-refractivity contribution in [1.29, 1.82) is 0 Å². The van der Waals surface area contributed by atoms with Crippen LogP contribution in [-0.2, 0) is 11.2 Å². The summed E-state index contributed by atoms with van der Waals surface area (Å²) in [5, 5.41) is 2.06. The van der Waals surface area contributed by atoms with E-state index < -0.39 is 46.7 Å². The summed E-state index contributed by atoms with van der Waals surface area (Å²) in [5.41, 5.74) is 4.46. The van der Waals surface area contributed by atoms with E-state index in [1.165, 1.54) is 18.2 Å². The standard InChI is InChI=1S/C16H12F4N2O2/c17-9-3-1-2-8(4-9)5-13(15(21)23)22-16(24)14-11(19)6-10(18)7-12(14)20/h1-4,6-7,13H,5H2,(H2,21,23)(H,22,24)/t13-/m0/s1. The van der Waals surface area contributed by atoms with Gasteiger partial charge >= 0.3 is 0 Å². The Morgan fingerprint density at radius 3 is 2.17 bits per heavy atom. The van der Waals surface area contributed by atoms with Crippen molar-refractivity contribution in [3.63, 3.8) is 0 Å². The predicted molar refractivity (Wildman–Crippen MR) is 76.9 cm³/mol. The van der Waals surface area contributed by atoms with Gasteiger partial charge in [-0.05, 0) is 17.7 Å². The fourth-order valence-electron chi connectivity index (χ4n) is 2.11. The van der Waals surface area contributed by atoms with E-state index in [0.29, 0.717) is 17.7 Å². The van der Waals surface area contributed by atoms with Crippen LogP contribution in [0.4, 0.5) is 17.6 Å². The summed E-state index contributed by atoms with van der Waals surface area (Å²) < 4.78 is 53.2. The summed E-state index contributed by atoms with van der Waals surface area (Å²) >= 11 is 0. The number of benzene rings is 2. The van der Waals surface area contributed by atoms with Gasteiger partial charge in [-0.1, -0.05) is 12.1 Å². The van der Waals surface area contributed by atoms with Crippen molar-refractivity contribution in [2.45, 2.75) is 12.5 Å². The largest absolute Gasteiger partial charge is 0.368 e. The molecular weight excluding hydrogens is 328 g/mol. The van der Waals surface area contributed by atoms with Gasteiger partial charge in [-0.2, -0.15) is 0 Å². The maximum absolute atomic E-state index is 13.6. The van der Waals surface area contributed by atoms with Crippen molar-refractivity contribution in [3.8, 4) is 0 Å². The molecule has 0 unspecified atom stereocenters. The average Bonchev–Trinajstić information content (AvgIpc) is 2.45. The lowest BCUT2D eigenvalue weighted by atomic mass is 10.0. The van der Waals surface area contributed by atoms with Crippen molar-refractivity contribution >= 4 is 11.8 Å². The summed E-state index contributed by atoms with van der Waals surface area (Å²) in [6, 6.07) is 4.54. The van der Waals surface area contributed by atoms with Crippen LogP contribution in [-0.4, -0.2) is 17.9 Å². The lowest BCUT2D eigenvalue weighted by Crippen LogP contribution is -2.46. The molecule has 0 bridgehead atoms. The molecule has 2 aromatic rings. The van der Waals surface area contributed by atoms with Crippen LogP contribution in [0.1, 0.15) is 15.9 Å². The molecule has 0 aliphatic rings. The van der Waals surface area contributed by atoms with Gasteiger partial charge in [-0.15, -0.1) is 0 Å². The van der Waals surface area contributed by atoms with Crippen LogP contribution in [0.2, 0.25) is 0 Å². The molecule has 4 nitrogen and oxygen atoms in total. The number of primary amides is 1. The van der Waals surface area contributed by atoms with Gasteiger partial charge in [-0.25, -0.2) is 17.6 Å². The quantitative estimate of drug-likeness (QED) is 0.818. The van der Waals surface area contributed by atoms with Gasteiger partial charge in [-0.3, -0.25) is 9.59 Å². The lowest BCUT2D eigenvalue weighted by Gasteiger charge is -2.16. The smallest absolute Gasteiger partial charge is 0.257 e. The molecule has 0 heterocycles. The normalized spacial score (nSPS) is 11.8. The van der Waals surface area contributed by atoms with Gasteiger partial charge in [0, 0.05) is 18.6 Å². The first kappa shape index (κ1) is 17.5. The number of halogens is 4. The van der Waals surface area contributed by atoms with E-state index in [-0.39, 0.29) is 6.42 Å². The van der Waals surface area contributed by atoms with Crippen molar-refractivity contribution in [2.75, 3.05) is 0 Å². The Labute approximate surface area is 134 Å². The highest BCUT2D eigenvalue weighted by molar-refractivity contribution is 5.97. The van der Waals surface area contributed by atoms with Crippen LogP contribution in [0.5, 0.6) is 0 Å². The summed E-state index contributed by atoms with van der Waals surface area (Å²) in [6.45, 7) is 0. The molecular formula is C16H12F4N2O2. The van der Waals surface area contributed by atoms with Crippen LogP contribution >= 0.6 is 0 Å². The van der Waals surface area contributed by atoms with E-state index in [4.69, 9.17) is 5.73 Å². The van der Waals surface area contributed by atoms with E-state index in [1.807, 2.05) is 0 Å². The minimum Gasteiger partial charge on any atom is -0.368 e. The van der Waals surface area contributed by atoms with Gasteiger partial charge in [0.05, 0.1) is 0 Å². The second-order valence-corrected chi connectivity index (χ2v) is 5.01. The van der Waals surface area contributed by atoms with E-state index in [2.05, 4.69) is 5.32 Å². The Balaban J connectivity index is 2.22. The fourth-order valence-corrected chi connectivity index (χ4v) is 2.11. The third kappa shape index (κ3) is 4.09. The Kier molecular flexibility index (Phi) is 5.18. The molecule has 0 saturated carbocycles. The van der Waals surface area contributed by atoms with Crippen molar-refractivity contribution < 1.29 is 27.2 Å². The van der Waals surface area contributed by atoms with E-state index in [1.54, 1.807) is 0 Å². The highest BCUT2D eigenvalue weighted by atomic mass is 19.1. The molecule has 24 heavy (non-hydrogen) atoms. The minimum atomic E-state index is -1.42. The van der Waals surface area contributed by atoms with E-state index >= 15 is 0 Å². The maximum Gasteiger partial charge on any atom is 0.257 e. The zero-order valence-corrected chi connectivity index (χ0v) is 12.2. The molecule has 1 atom stereocenters. The first-order valence-corrected chi connectivity index (χ1v) is 6.77. The summed E-state index contributed by atoms with van der Waals surface area (Å²) in [5.74, 6) is -6.83. The molecule has 126 valence electrons. The number of nitrogens with one attached hydrogen (secondary N) is 1. The number of carbonyl (C=O) groups excluding carboxylic acids is 2. The van der Waals surface area contributed by atoms with Crippen molar-refractivity contribution in [3.05, 3.63) is 70.8 Å². The number of amides is 2. The Hall–Kier alpha value is -2.90. The molecule has 0 aliphatic heterocycles. The first-order chi connectivity index (χ1) is 11.3. The molecule has 0 radical (unpaired) electrons. The van der Waals surface area contributed by atoms with Crippen LogP contribution in [0.3, 0.4) is 0 Å². The van der Waals surface area contributed by atoms with Crippen molar-refractivity contribution in [1.82, 2.24) is 5.32 Å². The van der Waals surface area contributed by atoms with E-state index in [9.17, 15) is 27.2 Å². The van der Waals surface area contributed by atoms with Gasteiger partial charge in [0.1, 0.15) is 34.9 Å². The topological polar surface area (TPSA) is 72.2 Å². The maximum atomic E-state index is 13.6. The molecule has 2 aromatic carbocycles. The van der Waals surface area contributed by atoms with Gasteiger partial charge < -0.3 is 11.1 Å². The minimum absolute atomic E-state index is 0.177. The van der Waals surface area contributed by atoms with Crippen LogP contribution in [0.25, 0.3) is 0 Å². The highest BCUT2D eigenvalue weighted by Crippen LogP contribution is 2.15. The second-order valence-electron chi connectivity index (χ2n) is 5.01. The first-order valence-electron chi connectivity index (χ1n) is 6.77. The lowest BCUT2D eigenvalue weighted by molar-refractivity contribution is -0.119. The van der Waals surface area contributed by atoms with Gasteiger partial charge in [0.2, 0.25) is 5.91 Å². The molecule has 3 N–H and O–H groups in total. The van der Waals surface area contributed by atoms with Crippen LogP contribution in [0.15, 0.2) is 36.4 Å². The summed E-state index contributed by atoms with van der Waals surface area (Å²) in [4.78, 5) is 23.4. The SMILES string of the molecule is NC(=O)[C@H](Cc1cccc(F)c1)NC(=O)c1c(F)cc(F)cc1F. The van der Waals surface area contributed by atoms with Gasteiger partial charge in [0.15, 0.2) is 0 Å². The molecule has 2 amide bonds. The van der Waals surface area contributed by atoms with Crippen LogP contribution < -0.4 is 11.1 Å². The number of carbonyl (C=O) groups is 2. The Morgan fingerprint density at radius 1 is 1.00 bits per heavy atom. The zero-order chi connectivity index (χ0) is 17.9. The molecule has 0 fully saturated rings. The second kappa shape index (κ2) is 7.12. The molecule has 0 aliphatic carbocycles. The van der Waals surface area contributed by atoms with Gasteiger partial charge in [0.25, 0.3) is 5.91 Å². The monoisotopic (exact) mass is 340 g/mol. The number of rotatable bonds is 5. The van der Waals surface area contributed by atoms with Crippen LogP contribution in [0, 0.1) is 23.3 Å². The van der Waals surface area contributed by atoms with Crippen molar-refractivity contribution in [2.24, 2.45) is 5.73 Å². The molecule has 0 spiro atoms. The average molecular weight is 340 g/mol. The molecule has 0 aromatic heterocycles. The third-order valence-electron chi connectivity index (χ3n) is 3.21. The Bertz CT molecular complexity index is 772. The number of hydrogen-bond donors (Lipinski definition) is 2. The summed E-state index contributed by atoms with van der Waals surface area (Å²) in [6.07, 6.45) is -0.177. The molecule has 8 heteroatoms.